The molecule has 0 unspecified atom stereocenters. The fourth-order valence-corrected chi connectivity index (χ4v) is 2.96. The molecule has 0 atom stereocenters. The van der Waals surface area contributed by atoms with Crippen LogP contribution >= 0.6 is 23.2 Å². The lowest BCUT2D eigenvalue weighted by Crippen LogP contribution is -2.15. The van der Waals surface area contributed by atoms with Gasteiger partial charge >= 0.3 is 5.97 Å². The third-order valence-corrected chi connectivity index (χ3v) is 4.37. The number of anilines is 1. The lowest BCUT2D eigenvalue weighted by Gasteiger charge is -2.12. The van der Waals surface area contributed by atoms with Gasteiger partial charge < -0.3 is 15.2 Å². The van der Waals surface area contributed by atoms with E-state index in [4.69, 9.17) is 27.9 Å². The van der Waals surface area contributed by atoms with Gasteiger partial charge in [-0.05, 0) is 41.1 Å². The van der Waals surface area contributed by atoms with Crippen molar-refractivity contribution in [2.24, 2.45) is 0 Å². The van der Waals surface area contributed by atoms with Gasteiger partial charge in [-0.25, -0.2) is 4.79 Å². The zero-order chi connectivity index (χ0) is 18.8. The van der Waals surface area contributed by atoms with Crippen LogP contribution in [0.4, 0.5) is 5.69 Å². The lowest BCUT2D eigenvalue weighted by molar-refractivity contribution is 0.0698. The van der Waals surface area contributed by atoms with Crippen molar-refractivity contribution < 1.29 is 19.4 Å². The monoisotopic (exact) mass is 389 g/mol. The van der Waals surface area contributed by atoms with E-state index in [0.29, 0.717) is 10.6 Å². The van der Waals surface area contributed by atoms with Crippen LogP contribution in [0.2, 0.25) is 10.0 Å². The smallest absolute Gasteiger partial charge is 0.337 e. The number of halogens is 2. The average molecular weight is 390 g/mol. The Morgan fingerprint density at radius 3 is 2.38 bits per heavy atom. The summed E-state index contributed by atoms with van der Waals surface area (Å²) in [4.78, 5) is 24.0. The highest BCUT2D eigenvalue weighted by Crippen LogP contribution is 2.31. The summed E-state index contributed by atoms with van der Waals surface area (Å²) in [7, 11) is 1.40. The fourth-order valence-electron chi connectivity index (χ4n) is 2.54. The second-order valence-electron chi connectivity index (χ2n) is 5.50. The summed E-state index contributed by atoms with van der Waals surface area (Å²) in [6.45, 7) is 0. The Morgan fingerprint density at radius 2 is 1.69 bits per heavy atom. The van der Waals surface area contributed by atoms with Crippen molar-refractivity contribution in [3.8, 4) is 5.75 Å². The molecule has 0 aliphatic heterocycles. The van der Waals surface area contributed by atoms with Crippen molar-refractivity contribution in [2.75, 3.05) is 12.4 Å². The minimum Gasteiger partial charge on any atom is -0.495 e. The molecule has 0 aliphatic rings. The predicted octanol–water partition coefficient (Wildman–Crippen LogP) is 5.11. The number of carboxylic acids is 1. The summed E-state index contributed by atoms with van der Waals surface area (Å²) in [5.74, 6) is -1.40. The normalized spacial score (nSPS) is 10.6. The second kappa shape index (κ2) is 7.23. The Hall–Kier alpha value is -2.76. The maximum absolute atomic E-state index is 12.6. The largest absolute Gasteiger partial charge is 0.495 e. The molecular weight excluding hydrogens is 377 g/mol. The molecule has 7 heteroatoms. The molecule has 1 amide bonds. The molecular formula is C19H13Cl2NO4. The number of carbonyl (C=O) groups excluding carboxylic acids is 1. The SMILES string of the molecule is COc1cc(NC(=O)c2ccc3cc(Cl)ccc3c2)c(C(=O)O)cc1Cl. The molecule has 0 bridgehead atoms. The van der Waals surface area contributed by atoms with Crippen molar-refractivity contribution >= 4 is 51.5 Å². The first kappa shape index (κ1) is 18.0. The third-order valence-electron chi connectivity index (χ3n) is 3.84. The van der Waals surface area contributed by atoms with Gasteiger partial charge in [-0.15, -0.1) is 0 Å². The van der Waals surface area contributed by atoms with E-state index < -0.39 is 11.9 Å². The van der Waals surface area contributed by atoms with Crippen LogP contribution in [-0.4, -0.2) is 24.1 Å². The molecule has 3 rings (SSSR count). The van der Waals surface area contributed by atoms with Crippen molar-refractivity contribution in [2.45, 2.75) is 0 Å². The van der Waals surface area contributed by atoms with Crippen LogP contribution in [0.5, 0.6) is 5.75 Å². The molecule has 26 heavy (non-hydrogen) atoms. The van der Waals surface area contributed by atoms with E-state index in [-0.39, 0.29) is 22.0 Å². The summed E-state index contributed by atoms with van der Waals surface area (Å²) < 4.78 is 5.09. The number of amides is 1. The molecule has 2 N–H and O–H groups in total. The van der Waals surface area contributed by atoms with Crippen LogP contribution in [0.3, 0.4) is 0 Å². The molecule has 0 saturated carbocycles. The number of methoxy groups -OCH3 is 1. The number of rotatable bonds is 4. The van der Waals surface area contributed by atoms with Crippen molar-refractivity contribution in [1.82, 2.24) is 0 Å². The first-order valence-electron chi connectivity index (χ1n) is 7.50. The topological polar surface area (TPSA) is 75.6 Å². The van der Waals surface area contributed by atoms with Crippen LogP contribution in [0.1, 0.15) is 20.7 Å². The van der Waals surface area contributed by atoms with E-state index in [0.717, 1.165) is 10.8 Å². The van der Waals surface area contributed by atoms with Crippen LogP contribution < -0.4 is 10.1 Å². The van der Waals surface area contributed by atoms with Crippen LogP contribution in [0, 0.1) is 0 Å². The zero-order valence-corrected chi connectivity index (χ0v) is 15.1. The molecule has 132 valence electrons. The van der Waals surface area contributed by atoms with E-state index in [1.54, 1.807) is 30.3 Å². The fraction of sp³-hybridized carbons (Fsp3) is 0.0526. The maximum atomic E-state index is 12.6. The van der Waals surface area contributed by atoms with E-state index >= 15 is 0 Å². The first-order valence-corrected chi connectivity index (χ1v) is 8.26. The van der Waals surface area contributed by atoms with Gasteiger partial charge in [0.25, 0.3) is 5.91 Å². The predicted molar refractivity (Wildman–Crippen MR) is 102 cm³/mol. The van der Waals surface area contributed by atoms with Gasteiger partial charge in [0.05, 0.1) is 23.4 Å². The molecule has 0 radical (unpaired) electrons. The number of carboxylic acid groups (broad SMARTS) is 1. The summed E-state index contributed by atoms with van der Waals surface area (Å²) >= 11 is 11.9. The molecule has 0 saturated heterocycles. The minimum atomic E-state index is -1.21. The number of benzene rings is 3. The summed E-state index contributed by atoms with van der Waals surface area (Å²) in [6, 6.07) is 13.1. The van der Waals surface area contributed by atoms with E-state index in [9.17, 15) is 14.7 Å². The average Bonchev–Trinajstić information content (AvgIpc) is 2.62. The Kier molecular flexibility index (Phi) is 5.02. The molecule has 0 spiro atoms. The summed E-state index contributed by atoms with van der Waals surface area (Å²) in [5.41, 5.74) is 0.349. The van der Waals surface area contributed by atoms with Crippen LogP contribution in [-0.2, 0) is 0 Å². The summed E-state index contributed by atoms with van der Waals surface area (Å²) in [6.07, 6.45) is 0. The quantitative estimate of drug-likeness (QED) is 0.650. The standard InChI is InChI=1S/C19H13Cl2NO4/c1-26-17-9-16(14(19(24)25)8-15(17)21)22-18(23)12-3-2-11-7-13(20)5-4-10(11)6-12/h2-9H,1H3,(H,22,23)(H,24,25). The van der Waals surface area contributed by atoms with Crippen molar-refractivity contribution in [3.63, 3.8) is 0 Å². The number of aromatic carboxylic acids is 1. The Morgan fingerprint density at radius 1 is 1.00 bits per heavy atom. The van der Waals surface area contributed by atoms with Gasteiger partial charge in [0.1, 0.15) is 5.75 Å². The number of hydrogen-bond donors (Lipinski definition) is 2. The van der Waals surface area contributed by atoms with Crippen LogP contribution in [0.25, 0.3) is 10.8 Å². The highest BCUT2D eigenvalue weighted by Gasteiger charge is 2.17. The van der Waals surface area contributed by atoms with Gasteiger partial charge in [0.2, 0.25) is 0 Å². The highest BCUT2D eigenvalue weighted by atomic mass is 35.5. The maximum Gasteiger partial charge on any atom is 0.337 e. The minimum absolute atomic E-state index is 0.0972. The van der Waals surface area contributed by atoms with Crippen molar-refractivity contribution in [1.29, 1.82) is 0 Å². The van der Waals surface area contributed by atoms with Gasteiger partial charge in [0.15, 0.2) is 0 Å². The second-order valence-corrected chi connectivity index (χ2v) is 6.34. The third kappa shape index (κ3) is 3.59. The number of nitrogens with one attached hydrogen (secondary N) is 1. The molecule has 5 nitrogen and oxygen atoms in total. The zero-order valence-electron chi connectivity index (χ0n) is 13.5. The molecule has 0 aliphatic carbocycles. The summed E-state index contributed by atoms with van der Waals surface area (Å²) in [5, 5.41) is 14.4. The van der Waals surface area contributed by atoms with Gasteiger partial charge in [0, 0.05) is 16.7 Å². The first-order chi connectivity index (χ1) is 12.4. The molecule has 3 aromatic rings. The molecule has 0 heterocycles. The van der Waals surface area contributed by atoms with Gasteiger partial charge in [-0.2, -0.15) is 0 Å². The Labute approximate surface area is 159 Å². The Balaban J connectivity index is 1.97. The number of ether oxygens (including phenoxy) is 1. The lowest BCUT2D eigenvalue weighted by atomic mass is 10.1. The van der Waals surface area contributed by atoms with E-state index in [1.165, 1.54) is 19.2 Å². The van der Waals surface area contributed by atoms with Crippen LogP contribution in [0.15, 0.2) is 48.5 Å². The van der Waals surface area contributed by atoms with E-state index in [1.807, 2.05) is 6.07 Å². The highest BCUT2D eigenvalue weighted by molar-refractivity contribution is 6.32. The van der Waals surface area contributed by atoms with E-state index in [2.05, 4.69) is 5.32 Å². The van der Waals surface area contributed by atoms with Crippen molar-refractivity contribution in [3.05, 3.63) is 69.7 Å². The van der Waals surface area contributed by atoms with Gasteiger partial charge in [-0.3, -0.25) is 4.79 Å². The number of carbonyl (C=O) groups is 2. The number of fused-ring (bicyclic) bond motifs is 1. The molecule has 3 aromatic carbocycles. The molecule has 0 aromatic heterocycles. The van der Waals surface area contributed by atoms with Gasteiger partial charge in [-0.1, -0.05) is 35.3 Å². The number of hydrogen-bond acceptors (Lipinski definition) is 3. The Bertz CT molecular complexity index is 1030. The molecule has 0 fully saturated rings.